The minimum absolute atomic E-state index is 0.0292. The Balaban J connectivity index is 1.21. The van der Waals surface area contributed by atoms with Crippen LogP contribution in [0.2, 0.25) is 0 Å². The van der Waals surface area contributed by atoms with Crippen LogP contribution in [0.15, 0.2) is 242 Å². The number of anilines is 7. The number of para-hydroxylation sites is 3. The van der Waals surface area contributed by atoms with Crippen molar-refractivity contribution < 1.29 is 0 Å². The van der Waals surface area contributed by atoms with E-state index in [0.29, 0.717) is 0 Å². The standard InChI is InChI=1S/C59H50BN3/c1-6-48(61(49-24-13-8-14-25-49)50-26-15-9-16-27-50)41-57-42(2)60-53-40-46(43-21-11-7-12-22-43)35-38-54(53)63(56-32-20-31-55(58(56)60)62(57)51-28-17-10-18-29-51)52-30-19-23-45(39-52)44-33-36-47(37-34-44)59(3,4)5/h6-41H,1H2,2-5H3/b48-41+. The molecule has 304 valence electrons. The first-order chi connectivity index (χ1) is 30.8. The van der Waals surface area contributed by atoms with Crippen LogP contribution < -0.4 is 25.6 Å². The summed E-state index contributed by atoms with van der Waals surface area (Å²) in [5.74, 6) is 0. The zero-order valence-electron chi connectivity index (χ0n) is 36.4. The van der Waals surface area contributed by atoms with Crippen LogP contribution in [0.4, 0.5) is 39.8 Å². The molecule has 0 radical (unpaired) electrons. The van der Waals surface area contributed by atoms with Crippen molar-refractivity contribution in [1.82, 2.24) is 0 Å². The van der Waals surface area contributed by atoms with Gasteiger partial charge in [-0.05, 0) is 130 Å². The van der Waals surface area contributed by atoms with E-state index >= 15 is 0 Å². The molecular weight excluding hydrogens is 761 g/mol. The second-order valence-electron chi connectivity index (χ2n) is 17.5. The molecule has 3 nitrogen and oxygen atoms in total. The molecule has 0 fully saturated rings. The smallest absolute Gasteiger partial charge is 0.247 e. The fourth-order valence-corrected chi connectivity index (χ4v) is 9.47. The van der Waals surface area contributed by atoms with E-state index in [1.165, 1.54) is 55.6 Å². The molecule has 0 unspecified atom stereocenters. The lowest BCUT2D eigenvalue weighted by Gasteiger charge is -2.44. The number of hydrogen-bond donors (Lipinski definition) is 0. The van der Waals surface area contributed by atoms with Crippen LogP contribution in [0, 0.1) is 0 Å². The van der Waals surface area contributed by atoms with Crippen molar-refractivity contribution in [2.45, 2.75) is 33.1 Å². The van der Waals surface area contributed by atoms with Crippen LogP contribution in [0.3, 0.4) is 0 Å². The predicted octanol–water partition coefficient (Wildman–Crippen LogP) is 14.6. The van der Waals surface area contributed by atoms with Gasteiger partial charge in [0.2, 0.25) is 6.71 Å². The van der Waals surface area contributed by atoms with Crippen LogP contribution in [0.5, 0.6) is 0 Å². The number of hydrogen-bond acceptors (Lipinski definition) is 3. The van der Waals surface area contributed by atoms with E-state index in [4.69, 9.17) is 0 Å². The fraction of sp³-hybridized carbons (Fsp3) is 0.0847. The van der Waals surface area contributed by atoms with E-state index in [-0.39, 0.29) is 12.1 Å². The first-order valence-electron chi connectivity index (χ1n) is 21.9. The molecule has 8 aromatic rings. The van der Waals surface area contributed by atoms with Gasteiger partial charge in [-0.1, -0.05) is 172 Å². The Kier molecular flexibility index (Phi) is 10.3. The molecule has 63 heavy (non-hydrogen) atoms. The Morgan fingerprint density at radius 2 is 1.02 bits per heavy atom. The second-order valence-corrected chi connectivity index (χ2v) is 17.5. The number of rotatable bonds is 9. The van der Waals surface area contributed by atoms with Gasteiger partial charge in [0.05, 0.1) is 0 Å². The fourth-order valence-electron chi connectivity index (χ4n) is 9.47. The minimum atomic E-state index is -0.0292. The summed E-state index contributed by atoms with van der Waals surface area (Å²) >= 11 is 0. The summed E-state index contributed by atoms with van der Waals surface area (Å²) in [5.41, 5.74) is 20.0. The molecular formula is C59H50BN3. The Labute approximate surface area is 373 Å². The summed E-state index contributed by atoms with van der Waals surface area (Å²) in [6, 6.07) is 74.8. The highest BCUT2D eigenvalue weighted by Gasteiger charge is 2.43. The van der Waals surface area contributed by atoms with Crippen molar-refractivity contribution in [3.8, 4) is 22.3 Å². The Bertz CT molecular complexity index is 2960. The maximum atomic E-state index is 4.44. The lowest BCUT2D eigenvalue weighted by Crippen LogP contribution is -2.55. The third kappa shape index (κ3) is 7.28. The molecule has 2 heterocycles. The van der Waals surface area contributed by atoms with Crippen molar-refractivity contribution in [2.24, 2.45) is 0 Å². The molecule has 2 aliphatic heterocycles. The Morgan fingerprint density at radius 3 is 1.63 bits per heavy atom. The van der Waals surface area contributed by atoms with E-state index < -0.39 is 0 Å². The molecule has 0 amide bonds. The first-order valence-corrected chi connectivity index (χ1v) is 21.9. The van der Waals surface area contributed by atoms with E-state index in [9.17, 15) is 0 Å². The molecule has 10 rings (SSSR count). The molecule has 8 aromatic carbocycles. The van der Waals surface area contributed by atoms with E-state index in [0.717, 1.165) is 39.8 Å². The van der Waals surface area contributed by atoms with Crippen molar-refractivity contribution in [3.05, 3.63) is 247 Å². The molecule has 0 saturated heterocycles. The van der Waals surface area contributed by atoms with Crippen LogP contribution >= 0.6 is 0 Å². The van der Waals surface area contributed by atoms with Gasteiger partial charge in [0.1, 0.15) is 0 Å². The van der Waals surface area contributed by atoms with Crippen LogP contribution in [-0.2, 0) is 5.41 Å². The molecule has 2 aliphatic rings. The number of benzene rings is 8. The predicted molar refractivity (Wildman–Crippen MR) is 270 cm³/mol. The molecule has 0 N–H and O–H groups in total. The van der Waals surface area contributed by atoms with Crippen LogP contribution in [-0.4, -0.2) is 6.71 Å². The number of fused-ring (bicyclic) bond motifs is 2. The van der Waals surface area contributed by atoms with Crippen molar-refractivity contribution in [3.63, 3.8) is 0 Å². The lowest BCUT2D eigenvalue weighted by molar-refractivity contribution is 0.590. The van der Waals surface area contributed by atoms with Gasteiger partial charge in [0.25, 0.3) is 0 Å². The summed E-state index contributed by atoms with van der Waals surface area (Å²) in [7, 11) is 0. The molecule has 0 spiro atoms. The number of allylic oxidation sites excluding steroid dienone is 3. The van der Waals surface area contributed by atoms with Crippen molar-refractivity contribution >= 4 is 57.5 Å². The molecule has 4 heteroatoms. The van der Waals surface area contributed by atoms with E-state index in [2.05, 4.69) is 261 Å². The topological polar surface area (TPSA) is 9.72 Å². The van der Waals surface area contributed by atoms with Gasteiger partial charge in [-0.2, -0.15) is 0 Å². The summed E-state index contributed by atoms with van der Waals surface area (Å²) < 4.78 is 0. The van der Waals surface area contributed by atoms with Gasteiger partial charge >= 0.3 is 0 Å². The Hall–Kier alpha value is -7.56. The zero-order chi connectivity index (χ0) is 43.1. The highest BCUT2D eigenvalue weighted by Crippen LogP contribution is 2.46. The lowest BCUT2D eigenvalue weighted by atomic mass is 9.33. The normalized spacial score (nSPS) is 13.4. The van der Waals surface area contributed by atoms with Crippen molar-refractivity contribution in [2.75, 3.05) is 14.7 Å². The average Bonchev–Trinajstić information content (AvgIpc) is 3.33. The third-order valence-corrected chi connectivity index (χ3v) is 12.6. The second kappa shape index (κ2) is 16.4. The van der Waals surface area contributed by atoms with Crippen molar-refractivity contribution in [1.29, 1.82) is 0 Å². The highest BCUT2D eigenvalue weighted by atomic mass is 15.2. The van der Waals surface area contributed by atoms with E-state index in [1.807, 2.05) is 6.08 Å². The van der Waals surface area contributed by atoms with Gasteiger partial charge in [-0.3, -0.25) is 0 Å². The molecule has 0 aromatic heterocycles. The summed E-state index contributed by atoms with van der Waals surface area (Å²) in [5, 5.41) is 0. The molecule has 0 saturated carbocycles. The first kappa shape index (κ1) is 39.6. The van der Waals surface area contributed by atoms with Gasteiger partial charge in [0, 0.05) is 51.2 Å². The quantitative estimate of drug-likeness (QED) is 0.106. The molecule has 0 atom stereocenters. The van der Waals surface area contributed by atoms with Crippen LogP contribution in [0.1, 0.15) is 33.3 Å². The summed E-state index contributed by atoms with van der Waals surface area (Å²) in [6.45, 7) is 13.6. The SMILES string of the molecule is C=C/C(=C\C1=C(C)B2c3cc(-c4ccccc4)ccc3N(c3cccc(-c4ccc(C(C)(C)C)cc4)c3)c3cccc(c32)N1c1ccccc1)N(c1ccccc1)c1ccccc1. The van der Waals surface area contributed by atoms with Crippen LogP contribution in [0.25, 0.3) is 22.3 Å². The number of nitrogens with zero attached hydrogens (tertiary/aromatic N) is 3. The largest absolute Gasteiger partial charge is 0.312 e. The molecule has 0 aliphatic carbocycles. The maximum absolute atomic E-state index is 4.44. The van der Waals surface area contributed by atoms with Gasteiger partial charge in [0.15, 0.2) is 0 Å². The highest BCUT2D eigenvalue weighted by molar-refractivity contribution is 6.95. The minimum Gasteiger partial charge on any atom is -0.312 e. The summed E-state index contributed by atoms with van der Waals surface area (Å²) in [6.07, 6.45) is 4.33. The molecule has 0 bridgehead atoms. The van der Waals surface area contributed by atoms with E-state index in [1.54, 1.807) is 0 Å². The Morgan fingerprint density at radius 1 is 0.508 bits per heavy atom. The third-order valence-electron chi connectivity index (χ3n) is 12.6. The summed E-state index contributed by atoms with van der Waals surface area (Å²) in [4.78, 5) is 7.25. The van der Waals surface area contributed by atoms with Gasteiger partial charge in [-0.25, -0.2) is 0 Å². The monoisotopic (exact) mass is 811 g/mol. The van der Waals surface area contributed by atoms with Gasteiger partial charge < -0.3 is 14.7 Å². The maximum Gasteiger partial charge on any atom is 0.247 e. The zero-order valence-corrected chi connectivity index (χ0v) is 36.4. The van der Waals surface area contributed by atoms with Gasteiger partial charge in [-0.15, -0.1) is 0 Å². The average molecular weight is 812 g/mol.